The summed E-state index contributed by atoms with van der Waals surface area (Å²) in [6.07, 6.45) is -0.360. The molecular formula is C16H16F3N3O2. The van der Waals surface area contributed by atoms with E-state index in [4.69, 9.17) is 4.74 Å². The lowest BCUT2D eigenvalue weighted by atomic mass is 9.98. The zero-order valence-electron chi connectivity index (χ0n) is 13.1. The van der Waals surface area contributed by atoms with Gasteiger partial charge in [0.1, 0.15) is 18.6 Å². The SMILES string of the molecule is CC(C)c1cccc(C(=O)NCC(F)(F)F)c1Oc1cncnc1. The van der Waals surface area contributed by atoms with E-state index in [0.29, 0.717) is 5.56 Å². The Morgan fingerprint density at radius 2 is 1.92 bits per heavy atom. The van der Waals surface area contributed by atoms with Crippen LogP contribution in [0, 0.1) is 0 Å². The highest BCUT2D eigenvalue weighted by molar-refractivity contribution is 5.97. The van der Waals surface area contributed by atoms with Gasteiger partial charge >= 0.3 is 6.18 Å². The van der Waals surface area contributed by atoms with Crippen molar-refractivity contribution in [3.05, 3.63) is 48.0 Å². The maximum absolute atomic E-state index is 12.3. The molecule has 2 rings (SSSR count). The molecule has 0 radical (unpaired) electrons. The Bertz CT molecular complexity index is 703. The largest absolute Gasteiger partial charge is 0.453 e. The first-order chi connectivity index (χ1) is 11.3. The maximum Gasteiger partial charge on any atom is 0.405 e. The number of aromatic nitrogens is 2. The van der Waals surface area contributed by atoms with Crippen molar-refractivity contribution in [2.75, 3.05) is 6.54 Å². The van der Waals surface area contributed by atoms with Crippen LogP contribution in [0.25, 0.3) is 0 Å². The summed E-state index contributed by atoms with van der Waals surface area (Å²) in [6, 6.07) is 4.77. The number of nitrogens with one attached hydrogen (secondary N) is 1. The smallest absolute Gasteiger partial charge is 0.405 e. The number of halogens is 3. The lowest BCUT2D eigenvalue weighted by molar-refractivity contribution is -0.123. The predicted molar refractivity (Wildman–Crippen MR) is 81.0 cm³/mol. The fourth-order valence-corrected chi connectivity index (χ4v) is 2.03. The predicted octanol–water partition coefficient (Wildman–Crippen LogP) is 3.68. The van der Waals surface area contributed by atoms with Crippen molar-refractivity contribution in [3.63, 3.8) is 0 Å². The van der Waals surface area contributed by atoms with Crippen LogP contribution in [0.1, 0.15) is 35.7 Å². The number of hydrogen-bond acceptors (Lipinski definition) is 4. The van der Waals surface area contributed by atoms with Gasteiger partial charge in [-0.1, -0.05) is 26.0 Å². The molecule has 0 atom stereocenters. The Morgan fingerprint density at radius 3 is 2.50 bits per heavy atom. The van der Waals surface area contributed by atoms with E-state index >= 15 is 0 Å². The highest BCUT2D eigenvalue weighted by Gasteiger charge is 2.29. The minimum Gasteiger partial charge on any atom is -0.453 e. The summed E-state index contributed by atoms with van der Waals surface area (Å²) in [7, 11) is 0. The number of alkyl halides is 3. The van der Waals surface area contributed by atoms with E-state index in [1.807, 2.05) is 19.2 Å². The van der Waals surface area contributed by atoms with Crippen LogP contribution in [0.4, 0.5) is 13.2 Å². The summed E-state index contributed by atoms with van der Waals surface area (Å²) < 4.78 is 42.7. The third-order valence-electron chi connectivity index (χ3n) is 3.12. The Balaban J connectivity index is 2.36. The Hall–Kier alpha value is -2.64. The molecule has 1 aromatic heterocycles. The van der Waals surface area contributed by atoms with Gasteiger partial charge in [-0.05, 0) is 17.5 Å². The Kier molecular flexibility index (Phi) is 5.38. The molecule has 0 spiro atoms. The van der Waals surface area contributed by atoms with Gasteiger partial charge in [0.2, 0.25) is 0 Å². The van der Waals surface area contributed by atoms with Crippen LogP contribution in [0.5, 0.6) is 11.5 Å². The number of para-hydroxylation sites is 1. The molecule has 0 fully saturated rings. The molecule has 1 amide bonds. The van der Waals surface area contributed by atoms with Crippen molar-refractivity contribution in [3.8, 4) is 11.5 Å². The summed E-state index contributed by atoms with van der Waals surface area (Å²) in [5, 5.41) is 1.86. The molecule has 1 heterocycles. The molecule has 5 nitrogen and oxygen atoms in total. The minimum absolute atomic E-state index is 0.00000303. The summed E-state index contributed by atoms with van der Waals surface area (Å²) in [5.74, 6) is -0.376. The maximum atomic E-state index is 12.3. The highest BCUT2D eigenvalue weighted by Crippen LogP contribution is 2.33. The standard InChI is InChI=1S/C16H16F3N3O2/c1-10(2)12-4-3-5-13(15(23)22-8-16(17,18)19)14(12)24-11-6-20-9-21-7-11/h3-7,9-10H,8H2,1-2H3,(H,22,23). The van der Waals surface area contributed by atoms with E-state index in [1.165, 1.54) is 24.8 Å². The number of carbonyl (C=O) groups excluding carboxylic acids is 1. The molecule has 8 heteroatoms. The average molecular weight is 339 g/mol. The molecule has 1 aromatic carbocycles. The van der Waals surface area contributed by atoms with Crippen LogP contribution in [0.3, 0.4) is 0 Å². The van der Waals surface area contributed by atoms with Gasteiger partial charge in [-0.25, -0.2) is 9.97 Å². The fraction of sp³-hybridized carbons (Fsp3) is 0.312. The van der Waals surface area contributed by atoms with Gasteiger partial charge in [-0.3, -0.25) is 4.79 Å². The van der Waals surface area contributed by atoms with E-state index in [2.05, 4.69) is 9.97 Å². The van der Waals surface area contributed by atoms with Crippen LogP contribution >= 0.6 is 0 Å². The average Bonchev–Trinajstić information content (AvgIpc) is 2.53. The molecule has 1 N–H and O–H groups in total. The number of ether oxygens (including phenoxy) is 1. The van der Waals surface area contributed by atoms with Crippen LogP contribution < -0.4 is 10.1 Å². The van der Waals surface area contributed by atoms with Gasteiger partial charge in [0.25, 0.3) is 5.91 Å². The number of carbonyl (C=O) groups is 1. The third-order valence-corrected chi connectivity index (χ3v) is 3.12. The topological polar surface area (TPSA) is 64.1 Å². The lowest BCUT2D eigenvalue weighted by Crippen LogP contribution is -2.34. The highest BCUT2D eigenvalue weighted by atomic mass is 19.4. The molecule has 2 aromatic rings. The lowest BCUT2D eigenvalue weighted by Gasteiger charge is -2.17. The van der Waals surface area contributed by atoms with Gasteiger partial charge in [0.05, 0.1) is 18.0 Å². The zero-order chi connectivity index (χ0) is 17.7. The van der Waals surface area contributed by atoms with Crippen molar-refractivity contribution < 1.29 is 22.7 Å². The number of amides is 1. The molecule has 0 aliphatic carbocycles. The van der Waals surface area contributed by atoms with Crippen LogP contribution in [-0.2, 0) is 0 Å². The van der Waals surface area contributed by atoms with Gasteiger partial charge < -0.3 is 10.1 Å². The normalized spacial score (nSPS) is 11.4. The Morgan fingerprint density at radius 1 is 1.25 bits per heavy atom. The van der Waals surface area contributed by atoms with Gasteiger partial charge in [-0.15, -0.1) is 0 Å². The summed E-state index contributed by atoms with van der Waals surface area (Å²) in [5.41, 5.74) is 0.716. The summed E-state index contributed by atoms with van der Waals surface area (Å²) in [6.45, 7) is 2.37. The second-order valence-corrected chi connectivity index (χ2v) is 5.35. The van der Waals surface area contributed by atoms with Crippen molar-refractivity contribution >= 4 is 5.91 Å². The molecule has 0 unspecified atom stereocenters. The first-order valence-electron chi connectivity index (χ1n) is 7.18. The number of nitrogens with zero attached hydrogens (tertiary/aromatic N) is 2. The molecule has 24 heavy (non-hydrogen) atoms. The second-order valence-electron chi connectivity index (χ2n) is 5.35. The third kappa shape index (κ3) is 4.68. The molecule has 128 valence electrons. The fourth-order valence-electron chi connectivity index (χ4n) is 2.03. The quantitative estimate of drug-likeness (QED) is 0.902. The summed E-state index contributed by atoms with van der Waals surface area (Å²) in [4.78, 5) is 19.8. The van der Waals surface area contributed by atoms with Gasteiger partial charge in [-0.2, -0.15) is 13.2 Å². The second kappa shape index (κ2) is 7.29. The van der Waals surface area contributed by atoms with E-state index in [-0.39, 0.29) is 23.0 Å². The van der Waals surface area contributed by atoms with Crippen molar-refractivity contribution in [2.24, 2.45) is 0 Å². The van der Waals surface area contributed by atoms with Crippen molar-refractivity contribution in [1.82, 2.24) is 15.3 Å². The summed E-state index contributed by atoms with van der Waals surface area (Å²) >= 11 is 0. The minimum atomic E-state index is -4.49. The monoisotopic (exact) mass is 339 g/mol. The van der Waals surface area contributed by atoms with E-state index in [1.54, 1.807) is 12.1 Å². The van der Waals surface area contributed by atoms with Crippen LogP contribution in [0.2, 0.25) is 0 Å². The number of hydrogen-bond donors (Lipinski definition) is 1. The zero-order valence-corrected chi connectivity index (χ0v) is 13.1. The molecule has 0 aliphatic heterocycles. The number of rotatable bonds is 5. The van der Waals surface area contributed by atoms with E-state index in [0.717, 1.165) is 0 Å². The van der Waals surface area contributed by atoms with Crippen LogP contribution in [0.15, 0.2) is 36.9 Å². The van der Waals surface area contributed by atoms with Crippen LogP contribution in [-0.4, -0.2) is 28.6 Å². The first kappa shape index (κ1) is 17.7. The first-order valence-corrected chi connectivity index (χ1v) is 7.18. The number of benzene rings is 1. The molecule has 0 bridgehead atoms. The Labute approximate surface area is 136 Å². The van der Waals surface area contributed by atoms with Gasteiger partial charge in [0, 0.05) is 0 Å². The van der Waals surface area contributed by atoms with E-state index < -0.39 is 18.6 Å². The van der Waals surface area contributed by atoms with Crippen molar-refractivity contribution in [1.29, 1.82) is 0 Å². The molecule has 0 saturated carbocycles. The molecular weight excluding hydrogens is 323 g/mol. The molecule has 0 saturated heterocycles. The van der Waals surface area contributed by atoms with Gasteiger partial charge in [0.15, 0.2) is 5.75 Å². The van der Waals surface area contributed by atoms with Crippen molar-refractivity contribution in [2.45, 2.75) is 25.9 Å². The molecule has 0 aliphatic rings. The van der Waals surface area contributed by atoms with E-state index in [9.17, 15) is 18.0 Å².